The summed E-state index contributed by atoms with van der Waals surface area (Å²) < 4.78 is 21.2. The van der Waals surface area contributed by atoms with Gasteiger partial charge in [0.2, 0.25) is 11.5 Å². The van der Waals surface area contributed by atoms with Crippen LogP contribution in [-0.4, -0.2) is 39.5 Å². The third-order valence-electron chi connectivity index (χ3n) is 2.82. The molecule has 0 aliphatic heterocycles. The Balaban J connectivity index is 3.68. The fraction of sp³-hybridized carbons (Fsp3) is 0.357. The van der Waals surface area contributed by atoms with Gasteiger partial charge in [0.15, 0.2) is 11.5 Å². The zero-order chi connectivity index (χ0) is 15.3. The largest absolute Gasteiger partial charge is 0.492 e. The van der Waals surface area contributed by atoms with Gasteiger partial charge in [0.25, 0.3) is 0 Å². The van der Waals surface area contributed by atoms with Crippen LogP contribution in [0.5, 0.6) is 23.0 Å². The Hall–Kier alpha value is -2.37. The van der Waals surface area contributed by atoms with Crippen molar-refractivity contribution in [3.8, 4) is 23.0 Å². The summed E-state index contributed by atoms with van der Waals surface area (Å²) in [4.78, 5) is 10.7. The summed E-state index contributed by atoms with van der Waals surface area (Å²) >= 11 is 0. The van der Waals surface area contributed by atoms with Gasteiger partial charge in [-0.3, -0.25) is 0 Å². The van der Waals surface area contributed by atoms with E-state index in [9.17, 15) is 4.79 Å². The lowest BCUT2D eigenvalue weighted by molar-refractivity contribution is -0.131. The van der Waals surface area contributed by atoms with Crippen LogP contribution in [0.3, 0.4) is 0 Å². The Bertz CT molecular complexity index is 533. The second-order valence-corrected chi connectivity index (χ2v) is 3.84. The first kappa shape index (κ1) is 15.7. The molecule has 1 aromatic carbocycles. The molecule has 110 valence electrons. The zero-order valence-electron chi connectivity index (χ0n) is 12.1. The number of hydrogen-bond donors (Lipinski definition) is 1. The number of methoxy groups -OCH3 is 4. The van der Waals surface area contributed by atoms with Crippen LogP contribution in [0.15, 0.2) is 6.08 Å². The van der Waals surface area contributed by atoms with E-state index < -0.39 is 5.97 Å². The maximum Gasteiger partial charge on any atom is 0.328 e. The summed E-state index contributed by atoms with van der Waals surface area (Å²) in [5.74, 6) is 0.551. The molecule has 0 radical (unpaired) electrons. The SMILES string of the molecule is COc1c(C)c(C=CC(=O)O)c(OC)c(OC)c1OC. The molecule has 1 N–H and O–H groups in total. The molecule has 0 spiro atoms. The second kappa shape index (κ2) is 6.70. The predicted octanol–water partition coefficient (Wildman–Crippen LogP) is 2.13. The molecular formula is C14H18O6. The van der Waals surface area contributed by atoms with Crippen molar-refractivity contribution >= 4 is 12.0 Å². The van der Waals surface area contributed by atoms with Gasteiger partial charge >= 0.3 is 5.97 Å². The molecule has 0 fully saturated rings. The molecule has 0 heterocycles. The van der Waals surface area contributed by atoms with E-state index in [1.807, 2.05) is 0 Å². The zero-order valence-corrected chi connectivity index (χ0v) is 12.1. The summed E-state index contributed by atoms with van der Waals surface area (Å²) in [7, 11) is 5.94. The third kappa shape index (κ3) is 2.79. The highest BCUT2D eigenvalue weighted by Gasteiger charge is 2.24. The molecule has 0 aliphatic rings. The molecule has 0 unspecified atom stereocenters. The number of ether oxygens (including phenoxy) is 4. The number of carbonyl (C=O) groups is 1. The molecule has 20 heavy (non-hydrogen) atoms. The molecule has 0 aromatic heterocycles. The Morgan fingerprint density at radius 3 is 1.75 bits per heavy atom. The quantitative estimate of drug-likeness (QED) is 0.806. The van der Waals surface area contributed by atoms with Crippen LogP contribution in [0, 0.1) is 6.92 Å². The van der Waals surface area contributed by atoms with E-state index in [2.05, 4.69) is 0 Å². The average Bonchev–Trinajstić information content (AvgIpc) is 2.43. The summed E-state index contributed by atoms with van der Waals surface area (Å²) in [5.41, 5.74) is 1.25. The molecule has 0 bridgehead atoms. The molecular weight excluding hydrogens is 264 g/mol. The van der Waals surface area contributed by atoms with Gasteiger partial charge in [-0.05, 0) is 13.0 Å². The standard InChI is InChI=1S/C14H18O6/c1-8-9(6-7-10(15)16)12(18-3)14(20-5)13(19-4)11(8)17-2/h6-7H,1-5H3,(H,15,16). The highest BCUT2D eigenvalue weighted by Crippen LogP contribution is 2.49. The molecule has 0 saturated carbocycles. The lowest BCUT2D eigenvalue weighted by Gasteiger charge is -2.20. The van der Waals surface area contributed by atoms with Gasteiger partial charge in [-0.2, -0.15) is 0 Å². The number of benzene rings is 1. The number of carboxylic acid groups (broad SMARTS) is 1. The van der Waals surface area contributed by atoms with Gasteiger partial charge in [0.05, 0.1) is 28.4 Å². The monoisotopic (exact) mass is 282 g/mol. The molecule has 1 aromatic rings. The smallest absolute Gasteiger partial charge is 0.328 e. The minimum Gasteiger partial charge on any atom is -0.492 e. The third-order valence-corrected chi connectivity index (χ3v) is 2.82. The lowest BCUT2D eigenvalue weighted by Crippen LogP contribution is -2.02. The first-order valence-electron chi connectivity index (χ1n) is 5.79. The molecule has 0 aliphatic carbocycles. The predicted molar refractivity (Wildman–Crippen MR) is 74.1 cm³/mol. The van der Waals surface area contributed by atoms with Crippen molar-refractivity contribution < 1.29 is 28.8 Å². The molecule has 6 heteroatoms. The van der Waals surface area contributed by atoms with Gasteiger partial charge in [0, 0.05) is 17.2 Å². The van der Waals surface area contributed by atoms with Crippen LogP contribution < -0.4 is 18.9 Å². The second-order valence-electron chi connectivity index (χ2n) is 3.84. The minimum absolute atomic E-state index is 0.350. The van der Waals surface area contributed by atoms with Crippen LogP contribution >= 0.6 is 0 Å². The van der Waals surface area contributed by atoms with Crippen LogP contribution in [0.2, 0.25) is 0 Å². The van der Waals surface area contributed by atoms with Crippen molar-refractivity contribution in [2.45, 2.75) is 6.92 Å². The average molecular weight is 282 g/mol. The first-order chi connectivity index (χ1) is 9.51. The minimum atomic E-state index is -1.06. The maximum atomic E-state index is 10.7. The topological polar surface area (TPSA) is 74.2 Å². The Morgan fingerprint density at radius 2 is 1.35 bits per heavy atom. The summed E-state index contributed by atoms with van der Waals surface area (Å²) in [6.07, 6.45) is 2.46. The van der Waals surface area contributed by atoms with E-state index in [1.54, 1.807) is 6.92 Å². The number of rotatable bonds is 6. The Morgan fingerprint density at radius 1 is 0.900 bits per heavy atom. The molecule has 6 nitrogen and oxygen atoms in total. The van der Waals surface area contributed by atoms with E-state index in [1.165, 1.54) is 34.5 Å². The number of aliphatic carboxylic acids is 1. The summed E-state index contributed by atoms with van der Waals surface area (Å²) in [6.45, 7) is 1.78. The summed E-state index contributed by atoms with van der Waals surface area (Å²) in [6, 6.07) is 0. The van der Waals surface area contributed by atoms with Gasteiger partial charge < -0.3 is 24.1 Å². The summed E-state index contributed by atoms with van der Waals surface area (Å²) in [5, 5.41) is 8.77. The first-order valence-corrected chi connectivity index (χ1v) is 5.79. The van der Waals surface area contributed by atoms with Gasteiger partial charge in [-0.1, -0.05) is 0 Å². The van der Waals surface area contributed by atoms with Crippen LogP contribution in [0.1, 0.15) is 11.1 Å². The van der Waals surface area contributed by atoms with E-state index >= 15 is 0 Å². The van der Waals surface area contributed by atoms with Gasteiger partial charge in [-0.25, -0.2) is 4.79 Å². The van der Waals surface area contributed by atoms with Crippen molar-refractivity contribution in [3.63, 3.8) is 0 Å². The van der Waals surface area contributed by atoms with Crippen LogP contribution in [-0.2, 0) is 4.79 Å². The molecule has 0 saturated heterocycles. The molecule has 0 amide bonds. The van der Waals surface area contributed by atoms with Crippen molar-refractivity contribution in [1.82, 2.24) is 0 Å². The van der Waals surface area contributed by atoms with Gasteiger partial charge in [-0.15, -0.1) is 0 Å². The van der Waals surface area contributed by atoms with Crippen molar-refractivity contribution in [2.75, 3.05) is 28.4 Å². The van der Waals surface area contributed by atoms with Crippen LogP contribution in [0.25, 0.3) is 6.08 Å². The number of hydrogen-bond acceptors (Lipinski definition) is 5. The van der Waals surface area contributed by atoms with Crippen molar-refractivity contribution in [3.05, 3.63) is 17.2 Å². The Kier molecular flexibility index (Phi) is 5.25. The Labute approximate surface area is 117 Å². The highest BCUT2D eigenvalue weighted by atomic mass is 16.5. The van der Waals surface area contributed by atoms with E-state index in [0.29, 0.717) is 34.1 Å². The van der Waals surface area contributed by atoms with E-state index in [0.717, 1.165) is 6.08 Å². The fourth-order valence-electron chi connectivity index (χ4n) is 1.97. The van der Waals surface area contributed by atoms with E-state index in [-0.39, 0.29) is 0 Å². The lowest BCUT2D eigenvalue weighted by atomic mass is 10.0. The fourth-order valence-corrected chi connectivity index (χ4v) is 1.97. The molecule has 0 atom stereocenters. The normalized spacial score (nSPS) is 10.4. The molecule has 1 rings (SSSR count). The maximum absolute atomic E-state index is 10.7. The van der Waals surface area contributed by atoms with Gasteiger partial charge in [0.1, 0.15) is 0 Å². The van der Waals surface area contributed by atoms with Crippen molar-refractivity contribution in [1.29, 1.82) is 0 Å². The number of carboxylic acids is 1. The van der Waals surface area contributed by atoms with Crippen LogP contribution in [0.4, 0.5) is 0 Å². The van der Waals surface area contributed by atoms with E-state index in [4.69, 9.17) is 24.1 Å². The highest BCUT2D eigenvalue weighted by molar-refractivity contribution is 5.87. The van der Waals surface area contributed by atoms with Crippen molar-refractivity contribution in [2.24, 2.45) is 0 Å².